The summed E-state index contributed by atoms with van der Waals surface area (Å²) in [7, 11) is 1.80. The summed E-state index contributed by atoms with van der Waals surface area (Å²) in [5.41, 5.74) is 2.49. The molecule has 30 heavy (non-hydrogen) atoms. The molecule has 6 nitrogen and oxygen atoms in total. The lowest BCUT2D eigenvalue weighted by Crippen LogP contribution is -2.45. The third kappa shape index (κ3) is 5.68. The van der Waals surface area contributed by atoms with Gasteiger partial charge in [0.15, 0.2) is 5.96 Å². The maximum Gasteiger partial charge on any atom is 0.225 e. The number of carbonyl (C=O) groups is 1. The van der Waals surface area contributed by atoms with Gasteiger partial charge in [0, 0.05) is 57.4 Å². The fourth-order valence-electron chi connectivity index (χ4n) is 4.60. The third-order valence-corrected chi connectivity index (χ3v) is 6.35. The molecule has 2 heterocycles. The SMILES string of the molecule is CN=C(NCc1ccc(N2CC=CC2)cc1)NC1CCN(C(=O)C2CCCC2)C1.I. The van der Waals surface area contributed by atoms with Crippen molar-refractivity contribution in [2.24, 2.45) is 10.9 Å². The molecule has 2 N–H and O–H groups in total. The summed E-state index contributed by atoms with van der Waals surface area (Å²) >= 11 is 0. The van der Waals surface area contributed by atoms with Gasteiger partial charge in [-0.15, -0.1) is 24.0 Å². The Kier molecular flexibility index (Phi) is 8.41. The molecule has 1 aromatic carbocycles. The molecular formula is C23H34IN5O. The molecule has 1 saturated heterocycles. The summed E-state index contributed by atoms with van der Waals surface area (Å²) < 4.78 is 0. The minimum Gasteiger partial charge on any atom is -0.364 e. The summed E-state index contributed by atoms with van der Waals surface area (Å²) in [6.45, 7) is 4.37. The zero-order chi connectivity index (χ0) is 20.1. The molecule has 0 spiro atoms. The van der Waals surface area contributed by atoms with E-state index >= 15 is 0 Å². The van der Waals surface area contributed by atoms with Crippen LogP contribution in [0.15, 0.2) is 41.4 Å². The fraction of sp³-hybridized carbons (Fsp3) is 0.565. The number of rotatable bonds is 5. The van der Waals surface area contributed by atoms with Crippen molar-refractivity contribution in [2.45, 2.75) is 44.7 Å². The van der Waals surface area contributed by atoms with Gasteiger partial charge in [0.1, 0.15) is 0 Å². The summed E-state index contributed by atoms with van der Waals surface area (Å²) in [6, 6.07) is 8.99. The minimum atomic E-state index is 0. The van der Waals surface area contributed by atoms with Crippen LogP contribution in [-0.2, 0) is 11.3 Å². The van der Waals surface area contributed by atoms with Crippen LogP contribution < -0.4 is 15.5 Å². The Morgan fingerprint density at radius 1 is 1.10 bits per heavy atom. The van der Waals surface area contributed by atoms with Crippen molar-refractivity contribution in [3.05, 3.63) is 42.0 Å². The van der Waals surface area contributed by atoms with Crippen molar-refractivity contribution in [1.29, 1.82) is 0 Å². The van der Waals surface area contributed by atoms with E-state index in [4.69, 9.17) is 0 Å². The molecule has 1 atom stereocenters. The van der Waals surface area contributed by atoms with E-state index in [0.717, 1.165) is 57.9 Å². The first-order valence-corrected chi connectivity index (χ1v) is 11.0. The number of hydrogen-bond acceptors (Lipinski definition) is 3. The molecule has 1 aromatic rings. The number of nitrogens with zero attached hydrogens (tertiary/aromatic N) is 3. The Labute approximate surface area is 197 Å². The zero-order valence-corrected chi connectivity index (χ0v) is 20.2. The number of carbonyl (C=O) groups excluding carboxylic acids is 1. The lowest BCUT2D eigenvalue weighted by molar-refractivity contribution is -0.134. The Morgan fingerprint density at radius 3 is 2.47 bits per heavy atom. The molecular weight excluding hydrogens is 489 g/mol. The maximum atomic E-state index is 12.6. The second kappa shape index (κ2) is 11.0. The number of amides is 1. The lowest BCUT2D eigenvalue weighted by atomic mass is 10.1. The number of hydrogen-bond donors (Lipinski definition) is 2. The van der Waals surface area contributed by atoms with Crippen LogP contribution in [0.2, 0.25) is 0 Å². The molecule has 4 rings (SSSR count). The van der Waals surface area contributed by atoms with Gasteiger partial charge in [-0.05, 0) is 37.0 Å². The van der Waals surface area contributed by atoms with Crippen LogP contribution in [0, 0.1) is 5.92 Å². The third-order valence-electron chi connectivity index (χ3n) is 6.35. The second-order valence-corrected chi connectivity index (χ2v) is 8.36. The molecule has 1 unspecified atom stereocenters. The predicted molar refractivity (Wildman–Crippen MR) is 133 cm³/mol. The van der Waals surface area contributed by atoms with E-state index in [9.17, 15) is 4.79 Å². The molecule has 0 radical (unpaired) electrons. The zero-order valence-electron chi connectivity index (χ0n) is 17.8. The first-order chi connectivity index (χ1) is 14.2. The number of anilines is 1. The number of benzene rings is 1. The van der Waals surface area contributed by atoms with Gasteiger partial charge < -0.3 is 20.4 Å². The van der Waals surface area contributed by atoms with Gasteiger partial charge in [-0.25, -0.2) is 0 Å². The van der Waals surface area contributed by atoms with Crippen LogP contribution in [0.4, 0.5) is 5.69 Å². The van der Waals surface area contributed by atoms with E-state index in [2.05, 4.69) is 56.9 Å². The van der Waals surface area contributed by atoms with Gasteiger partial charge in [0.05, 0.1) is 0 Å². The van der Waals surface area contributed by atoms with Crippen LogP contribution in [0.5, 0.6) is 0 Å². The molecule has 1 amide bonds. The van der Waals surface area contributed by atoms with Crippen LogP contribution in [0.1, 0.15) is 37.7 Å². The first kappa shape index (κ1) is 22.9. The summed E-state index contributed by atoms with van der Waals surface area (Å²) in [4.78, 5) is 21.4. The largest absolute Gasteiger partial charge is 0.364 e. The van der Waals surface area contributed by atoms with Gasteiger partial charge in [0.2, 0.25) is 5.91 Å². The molecule has 7 heteroatoms. The monoisotopic (exact) mass is 523 g/mol. The number of halogens is 1. The topological polar surface area (TPSA) is 60.0 Å². The Bertz CT molecular complexity index is 749. The van der Waals surface area contributed by atoms with E-state index in [1.54, 1.807) is 7.05 Å². The standard InChI is InChI=1S/C23H33N5O.HI/c1-24-23(25-16-18-8-10-21(11-9-18)27-13-4-5-14-27)26-20-12-15-28(17-20)22(29)19-6-2-3-7-19;/h4-5,8-11,19-20H,2-3,6-7,12-17H2,1H3,(H2,24,25,26);1H. The number of guanidine groups is 1. The van der Waals surface area contributed by atoms with Crippen molar-refractivity contribution in [3.8, 4) is 0 Å². The quantitative estimate of drug-likeness (QED) is 0.270. The van der Waals surface area contributed by atoms with Gasteiger partial charge in [-0.3, -0.25) is 9.79 Å². The van der Waals surface area contributed by atoms with Gasteiger partial charge in [-0.1, -0.05) is 37.1 Å². The highest BCUT2D eigenvalue weighted by molar-refractivity contribution is 14.0. The van der Waals surface area contributed by atoms with Crippen molar-refractivity contribution in [3.63, 3.8) is 0 Å². The minimum absolute atomic E-state index is 0. The normalized spacial score (nSPS) is 21.8. The first-order valence-electron chi connectivity index (χ1n) is 11.0. The smallest absolute Gasteiger partial charge is 0.225 e. The van der Waals surface area contributed by atoms with Crippen LogP contribution >= 0.6 is 24.0 Å². The van der Waals surface area contributed by atoms with Crippen molar-refractivity contribution in [1.82, 2.24) is 15.5 Å². The van der Waals surface area contributed by atoms with Crippen molar-refractivity contribution >= 4 is 41.5 Å². The lowest BCUT2D eigenvalue weighted by Gasteiger charge is -2.21. The van der Waals surface area contributed by atoms with Crippen molar-refractivity contribution < 1.29 is 4.79 Å². The summed E-state index contributed by atoms with van der Waals surface area (Å²) in [5.74, 6) is 1.44. The van der Waals surface area contributed by atoms with Crippen molar-refractivity contribution in [2.75, 3.05) is 38.1 Å². The van der Waals surface area contributed by atoms with Gasteiger partial charge >= 0.3 is 0 Å². The Hall–Kier alpha value is -1.77. The summed E-state index contributed by atoms with van der Waals surface area (Å²) in [6.07, 6.45) is 9.95. The molecule has 1 aliphatic carbocycles. The summed E-state index contributed by atoms with van der Waals surface area (Å²) in [5, 5.41) is 6.91. The van der Waals surface area contributed by atoms with Crippen LogP contribution in [-0.4, -0.2) is 56.0 Å². The second-order valence-electron chi connectivity index (χ2n) is 8.36. The molecule has 0 aromatic heterocycles. The molecule has 2 aliphatic heterocycles. The highest BCUT2D eigenvalue weighted by Crippen LogP contribution is 2.27. The van der Waals surface area contributed by atoms with Crippen LogP contribution in [0.3, 0.4) is 0 Å². The van der Waals surface area contributed by atoms with E-state index in [-0.39, 0.29) is 35.9 Å². The number of nitrogens with one attached hydrogen (secondary N) is 2. The molecule has 1 saturated carbocycles. The van der Waals surface area contributed by atoms with E-state index in [1.807, 2.05) is 4.90 Å². The van der Waals surface area contributed by atoms with Crippen LogP contribution in [0.25, 0.3) is 0 Å². The van der Waals surface area contributed by atoms with E-state index < -0.39 is 0 Å². The molecule has 2 fully saturated rings. The molecule has 0 bridgehead atoms. The average molecular weight is 523 g/mol. The van der Waals surface area contributed by atoms with E-state index in [1.165, 1.54) is 24.1 Å². The van der Waals surface area contributed by atoms with Gasteiger partial charge in [0.25, 0.3) is 0 Å². The highest BCUT2D eigenvalue weighted by Gasteiger charge is 2.32. The number of aliphatic imine (C=N–C) groups is 1. The highest BCUT2D eigenvalue weighted by atomic mass is 127. The van der Waals surface area contributed by atoms with E-state index in [0.29, 0.717) is 5.91 Å². The maximum absolute atomic E-state index is 12.6. The predicted octanol–water partition coefficient (Wildman–Crippen LogP) is 3.14. The van der Waals surface area contributed by atoms with Gasteiger partial charge in [-0.2, -0.15) is 0 Å². The molecule has 3 aliphatic rings. The fourth-order valence-corrected chi connectivity index (χ4v) is 4.60. The number of likely N-dealkylation sites (tertiary alicyclic amines) is 1. The average Bonchev–Trinajstić information content (AvgIpc) is 3.53. The Balaban J connectivity index is 0.00000256. The Morgan fingerprint density at radius 2 is 1.80 bits per heavy atom. The molecule has 164 valence electrons.